The van der Waals surface area contributed by atoms with Crippen LogP contribution in [0.15, 0.2) is 29.0 Å². The molecule has 1 aliphatic carbocycles. The van der Waals surface area contributed by atoms with Crippen molar-refractivity contribution in [2.45, 2.75) is 58.8 Å². The maximum absolute atomic E-state index is 12.7. The van der Waals surface area contributed by atoms with Crippen molar-refractivity contribution < 1.29 is 9.21 Å². The second kappa shape index (κ2) is 8.28. The predicted molar refractivity (Wildman–Crippen MR) is 98.1 cm³/mol. The molecule has 1 heterocycles. The first-order valence-electron chi connectivity index (χ1n) is 9.35. The molecule has 1 amide bonds. The van der Waals surface area contributed by atoms with Gasteiger partial charge in [0.1, 0.15) is 0 Å². The fourth-order valence-electron chi connectivity index (χ4n) is 3.63. The normalized spacial score (nSPS) is 20.4. The van der Waals surface area contributed by atoms with E-state index in [4.69, 9.17) is 4.42 Å². The molecular formula is C20H27N3O2. The van der Waals surface area contributed by atoms with Crippen molar-refractivity contribution in [3.63, 3.8) is 0 Å². The lowest BCUT2D eigenvalue weighted by atomic mass is 9.79. The van der Waals surface area contributed by atoms with E-state index in [0.29, 0.717) is 5.89 Å². The van der Waals surface area contributed by atoms with E-state index in [2.05, 4.69) is 22.4 Å². The van der Waals surface area contributed by atoms with Crippen LogP contribution in [-0.4, -0.2) is 16.1 Å². The average Bonchev–Trinajstić information content (AvgIpc) is 3.17. The van der Waals surface area contributed by atoms with E-state index < -0.39 is 0 Å². The number of rotatable bonds is 6. The quantitative estimate of drug-likeness (QED) is 0.804. The Morgan fingerprint density at radius 2 is 2.08 bits per heavy atom. The Bertz CT molecular complexity index is 689. The molecule has 0 spiro atoms. The van der Waals surface area contributed by atoms with Crippen molar-refractivity contribution in [3.8, 4) is 11.5 Å². The van der Waals surface area contributed by atoms with Gasteiger partial charge in [-0.05, 0) is 56.2 Å². The maximum atomic E-state index is 12.7. The summed E-state index contributed by atoms with van der Waals surface area (Å²) in [5.41, 5.74) is 2.68. The van der Waals surface area contributed by atoms with Crippen molar-refractivity contribution in [2.75, 3.05) is 5.32 Å². The van der Waals surface area contributed by atoms with Gasteiger partial charge in [0, 0.05) is 17.2 Å². The highest BCUT2D eigenvalue weighted by atomic mass is 16.4. The number of nitrogens with zero attached hydrogens (tertiary/aromatic N) is 2. The number of aromatic nitrogens is 2. The molecule has 1 N–H and O–H groups in total. The maximum Gasteiger partial charge on any atom is 0.247 e. The summed E-state index contributed by atoms with van der Waals surface area (Å²) in [6, 6.07) is 5.81. The van der Waals surface area contributed by atoms with Gasteiger partial charge in [-0.15, -0.1) is 10.2 Å². The van der Waals surface area contributed by atoms with Gasteiger partial charge < -0.3 is 9.73 Å². The molecule has 1 saturated carbocycles. The number of hydrogen-bond donors (Lipinski definition) is 1. The summed E-state index contributed by atoms with van der Waals surface area (Å²) >= 11 is 0. The van der Waals surface area contributed by atoms with Crippen LogP contribution in [0.5, 0.6) is 0 Å². The number of anilines is 1. The van der Waals surface area contributed by atoms with Gasteiger partial charge in [0.05, 0.1) is 0 Å². The zero-order valence-corrected chi connectivity index (χ0v) is 15.1. The molecule has 0 atom stereocenters. The van der Waals surface area contributed by atoms with Gasteiger partial charge in [0.2, 0.25) is 18.2 Å². The first-order chi connectivity index (χ1) is 12.2. The third-order valence-corrected chi connectivity index (χ3v) is 5.29. The number of nitrogens with one attached hydrogen (secondary N) is 1. The van der Waals surface area contributed by atoms with Gasteiger partial charge in [-0.2, -0.15) is 0 Å². The lowest BCUT2D eigenvalue weighted by molar-refractivity contribution is -0.121. The summed E-state index contributed by atoms with van der Waals surface area (Å²) in [6.45, 7) is 4.23. The van der Waals surface area contributed by atoms with Crippen LogP contribution in [0.2, 0.25) is 0 Å². The van der Waals surface area contributed by atoms with Crippen molar-refractivity contribution in [2.24, 2.45) is 11.8 Å². The lowest BCUT2D eigenvalue weighted by Crippen LogP contribution is -2.27. The molecule has 0 saturated heterocycles. The Kier molecular flexibility index (Phi) is 5.84. The van der Waals surface area contributed by atoms with Gasteiger partial charge in [-0.25, -0.2) is 0 Å². The predicted octanol–water partition coefficient (Wildman–Crippen LogP) is 4.98. The summed E-state index contributed by atoms with van der Waals surface area (Å²) in [6.07, 6.45) is 9.56. The smallest absolute Gasteiger partial charge is 0.247 e. The average molecular weight is 341 g/mol. The van der Waals surface area contributed by atoms with Crippen LogP contribution in [-0.2, 0) is 4.79 Å². The summed E-state index contributed by atoms with van der Waals surface area (Å²) < 4.78 is 5.24. The zero-order valence-electron chi connectivity index (χ0n) is 15.1. The molecule has 0 radical (unpaired) electrons. The topological polar surface area (TPSA) is 68.0 Å². The van der Waals surface area contributed by atoms with Crippen molar-refractivity contribution in [3.05, 3.63) is 30.2 Å². The number of unbranched alkanes of at least 4 members (excludes halogenated alkanes) is 1. The van der Waals surface area contributed by atoms with Crippen molar-refractivity contribution in [1.29, 1.82) is 0 Å². The number of aryl methyl sites for hydroxylation is 1. The fourth-order valence-corrected chi connectivity index (χ4v) is 3.63. The van der Waals surface area contributed by atoms with E-state index in [0.717, 1.165) is 35.6 Å². The largest absolute Gasteiger partial charge is 0.423 e. The number of carbonyl (C=O) groups excluding carboxylic acids is 1. The van der Waals surface area contributed by atoms with E-state index in [1.165, 1.54) is 38.5 Å². The lowest BCUT2D eigenvalue weighted by Gasteiger charge is -2.28. The summed E-state index contributed by atoms with van der Waals surface area (Å²) in [7, 11) is 0. The van der Waals surface area contributed by atoms with E-state index >= 15 is 0 Å². The van der Waals surface area contributed by atoms with Crippen LogP contribution in [0, 0.1) is 18.8 Å². The second-order valence-corrected chi connectivity index (χ2v) is 7.12. The van der Waals surface area contributed by atoms with Crippen LogP contribution in [0.3, 0.4) is 0 Å². The Morgan fingerprint density at radius 1 is 1.28 bits per heavy atom. The SMILES string of the molecule is CCCCC1CCC(C(=O)Nc2cc(-c3nnco3)ccc2C)CC1. The Labute approximate surface area is 149 Å². The van der Waals surface area contributed by atoms with E-state index in [1.807, 2.05) is 25.1 Å². The molecule has 1 aromatic carbocycles. The molecule has 1 fully saturated rings. The van der Waals surface area contributed by atoms with E-state index in [-0.39, 0.29) is 11.8 Å². The standard InChI is InChI=1S/C20H27N3O2/c1-3-4-5-15-7-10-16(11-8-15)19(24)22-18-12-17(9-6-14(18)2)20-23-21-13-25-20/h6,9,12-13,15-16H,3-5,7-8,10-11H2,1-2H3,(H,22,24). The fraction of sp³-hybridized carbons (Fsp3) is 0.550. The third-order valence-electron chi connectivity index (χ3n) is 5.29. The Hall–Kier alpha value is -2.17. The highest BCUT2D eigenvalue weighted by Crippen LogP contribution is 2.33. The molecule has 0 bridgehead atoms. The highest BCUT2D eigenvalue weighted by molar-refractivity contribution is 5.93. The van der Waals surface area contributed by atoms with Crippen molar-refractivity contribution >= 4 is 11.6 Å². The minimum absolute atomic E-state index is 0.129. The summed E-state index contributed by atoms with van der Waals surface area (Å²) in [5.74, 6) is 1.54. The molecule has 5 heteroatoms. The molecule has 1 aliphatic rings. The number of benzene rings is 1. The second-order valence-electron chi connectivity index (χ2n) is 7.12. The van der Waals surface area contributed by atoms with Crippen LogP contribution in [0.25, 0.3) is 11.5 Å². The van der Waals surface area contributed by atoms with Crippen LogP contribution in [0.4, 0.5) is 5.69 Å². The Morgan fingerprint density at radius 3 is 2.76 bits per heavy atom. The molecule has 25 heavy (non-hydrogen) atoms. The molecular weight excluding hydrogens is 314 g/mol. The molecule has 2 aromatic rings. The van der Waals surface area contributed by atoms with Crippen LogP contribution >= 0.6 is 0 Å². The molecule has 0 aliphatic heterocycles. The highest BCUT2D eigenvalue weighted by Gasteiger charge is 2.26. The first kappa shape index (κ1) is 17.6. The molecule has 0 unspecified atom stereocenters. The van der Waals surface area contributed by atoms with Crippen molar-refractivity contribution in [1.82, 2.24) is 10.2 Å². The van der Waals surface area contributed by atoms with Gasteiger partial charge >= 0.3 is 0 Å². The Balaban J connectivity index is 1.61. The number of carbonyl (C=O) groups is 1. The van der Waals surface area contributed by atoms with Crippen LogP contribution in [0.1, 0.15) is 57.4 Å². The van der Waals surface area contributed by atoms with Gasteiger partial charge in [-0.1, -0.05) is 32.3 Å². The number of hydrogen-bond acceptors (Lipinski definition) is 4. The summed E-state index contributed by atoms with van der Waals surface area (Å²) in [4.78, 5) is 12.7. The molecule has 134 valence electrons. The monoisotopic (exact) mass is 341 g/mol. The van der Waals surface area contributed by atoms with E-state index in [9.17, 15) is 4.79 Å². The van der Waals surface area contributed by atoms with Crippen LogP contribution < -0.4 is 5.32 Å². The van der Waals surface area contributed by atoms with Gasteiger partial charge in [0.25, 0.3) is 0 Å². The summed E-state index contributed by atoms with van der Waals surface area (Å²) in [5, 5.41) is 10.8. The first-order valence-corrected chi connectivity index (χ1v) is 9.35. The third kappa shape index (κ3) is 4.47. The minimum Gasteiger partial charge on any atom is -0.423 e. The van der Waals surface area contributed by atoms with E-state index in [1.54, 1.807) is 0 Å². The number of amides is 1. The molecule has 5 nitrogen and oxygen atoms in total. The van der Waals surface area contributed by atoms with Gasteiger partial charge in [-0.3, -0.25) is 4.79 Å². The zero-order chi connectivity index (χ0) is 17.6. The molecule has 3 rings (SSSR count). The minimum atomic E-state index is 0.129. The molecule has 1 aromatic heterocycles. The van der Waals surface area contributed by atoms with Gasteiger partial charge in [0.15, 0.2) is 0 Å².